The Morgan fingerprint density at radius 1 is 1.28 bits per heavy atom. The van der Waals surface area contributed by atoms with Gasteiger partial charge in [0, 0.05) is 36.3 Å². The Bertz CT molecular complexity index is 530. The molecule has 1 saturated heterocycles. The summed E-state index contributed by atoms with van der Waals surface area (Å²) in [5.74, 6) is 0. The third-order valence-corrected chi connectivity index (χ3v) is 4.25. The molecule has 1 N–H and O–H groups in total. The lowest BCUT2D eigenvalue weighted by Gasteiger charge is -2.27. The topological polar surface area (TPSA) is 49.4 Å². The number of nitrogens with one attached hydrogen (secondary N) is 1. The normalized spacial score (nSPS) is 17.9. The third kappa shape index (κ3) is 3.87. The molecule has 100 valence electrons. The lowest BCUT2D eigenvalue weighted by Crippen LogP contribution is -2.42. The van der Waals surface area contributed by atoms with E-state index in [1.807, 2.05) is 28.7 Å². The smallest absolute Gasteiger partial charge is 0.314 e. The molecule has 2 rings (SSSR count). The molecule has 1 aromatic rings. The first-order valence-electron chi connectivity index (χ1n) is 5.62. The molecule has 0 bridgehead atoms. The van der Waals surface area contributed by atoms with E-state index in [0.717, 1.165) is 35.3 Å². The zero-order valence-electron chi connectivity index (χ0n) is 9.70. The van der Waals surface area contributed by atoms with Crippen LogP contribution in [0.5, 0.6) is 0 Å². The van der Waals surface area contributed by atoms with E-state index in [1.54, 1.807) is 0 Å². The summed E-state index contributed by atoms with van der Waals surface area (Å²) in [4.78, 5) is 1.97. The average Bonchev–Trinajstić information content (AvgIpc) is 2.28. The van der Waals surface area contributed by atoms with Gasteiger partial charge < -0.3 is 5.32 Å². The van der Waals surface area contributed by atoms with Crippen molar-refractivity contribution in [3.8, 4) is 0 Å². The predicted octanol–water partition coefficient (Wildman–Crippen LogP) is 1.35. The second-order valence-electron chi connectivity index (χ2n) is 4.26. The number of nitrogens with zero attached hydrogens (tertiary/aromatic N) is 1. The van der Waals surface area contributed by atoms with Crippen LogP contribution in [0, 0.1) is 3.57 Å². The van der Waals surface area contributed by atoms with Crippen molar-refractivity contribution in [2.75, 3.05) is 26.2 Å². The minimum Gasteiger partial charge on any atom is -0.314 e. The van der Waals surface area contributed by atoms with Crippen molar-refractivity contribution >= 4 is 32.8 Å². The summed E-state index contributed by atoms with van der Waals surface area (Å²) in [5.41, 5.74) is 0.833. The van der Waals surface area contributed by atoms with Crippen molar-refractivity contribution in [1.82, 2.24) is 10.2 Å². The van der Waals surface area contributed by atoms with Crippen LogP contribution in [0.1, 0.15) is 5.56 Å². The molecule has 1 aromatic carbocycles. The van der Waals surface area contributed by atoms with Crippen LogP contribution in [-0.4, -0.2) is 39.5 Å². The van der Waals surface area contributed by atoms with Gasteiger partial charge in [0.05, 0.1) is 4.90 Å². The highest BCUT2D eigenvalue weighted by Crippen LogP contribution is 2.20. The Balaban J connectivity index is 2.20. The van der Waals surface area contributed by atoms with Gasteiger partial charge >= 0.3 is 10.2 Å². The molecule has 0 atom stereocenters. The van der Waals surface area contributed by atoms with Gasteiger partial charge in [0.15, 0.2) is 0 Å². The van der Waals surface area contributed by atoms with E-state index in [-0.39, 0.29) is 4.90 Å². The van der Waals surface area contributed by atoms with Crippen molar-refractivity contribution in [2.24, 2.45) is 0 Å². The predicted molar refractivity (Wildman–Crippen MR) is 75.6 cm³/mol. The summed E-state index contributed by atoms with van der Waals surface area (Å²) in [6.45, 7) is 4.35. The minimum atomic E-state index is -4.62. The maximum atomic E-state index is 13.0. The van der Waals surface area contributed by atoms with E-state index < -0.39 is 10.2 Å². The zero-order chi connectivity index (χ0) is 13.2. The van der Waals surface area contributed by atoms with Gasteiger partial charge in [-0.15, -0.1) is 3.89 Å². The Morgan fingerprint density at radius 3 is 2.56 bits per heavy atom. The number of hydrogen-bond acceptors (Lipinski definition) is 4. The average molecular weight is 384 g/mol. The molecule has 7 heteroatoms. The highest BCUT2D eigenvalue weighted by Gasteiger charge is 2.15. The van der Waals surface area contributed by atoms with E-state index in [1.165, 1.54) is 12.1 Å². The van der Waals surface area contributed by atoms with Crippen LogP contribution in [0.25, 0.3) is 0 Å². The van der Waals surface area contributed by atoms with E-state index in [0.29, 0.717) is 6.54 Å². The molecular weight excluding hydrogens is 370 g/mol. The fourth-order valence-corrected chi connectivity index (χ4v) is 3.49. The first-order chi connectivity index (χ1) is 8.45. The quantitative estimate of drug-likeness (QED) is 0.632. The van der Waals surface area contributed by atoms with E-state index in [9.17, 15) is 12.3 Å². The van der Waals surface area contributed by atoms with Gasteiger partial charge in [-0.2, -0.15) is 8.42 Å². The van der Waals surface area contributed by atoms with E-state index in [2.05, 4.69) is 10.2 Å². The summed E-state index contributed by atoms with van der Waals surface area (Å²) in [6.07, 6.45) is 0. The highest BCUT2D eigenvalue weighted by molar-refractivity contribution is 14.1. The molecule has 0 unspecified atom stereocenters. The summed E-state index contributed by atoms with van der Waals surface area (Å²) in [7, 11) is -4.62. The van der Waals surface area contributed by atoms with E-state index >= 15 is 0 Å². The number of piperazine rings is 1. The van der Waals surface area contributed by atoms with Gasteiger partial charge in [0.1, 0.15) is 0 Å². The summed E-state index contributed by atoms with van der Waals surface area (Å²) < 4.78 is 35.6. The van der Waals surface area contributed by atoms with Crippen molar-refractivity contribution in [2.45, 2.75) is 11.4 Å². The monoisotopic (exact) mass is 384 g/mol. The van der Waals surface area contributed by atoms with Gasteiger partial charge in [-0.05, 0) is 46.4 Å². The van der Waals surface area contributed by atoms with Crippen molar-refractivity contribution in [3.05, 3.63) is 27.3 Å². The number of rotatable bonds is 3. The number of benzene rings is 1. The highest BCUT2D eigenvalue weighted by atomic mass is 127. The molecule has 18 heavy (non-hydrogen) atoms. The molecule has 1 aliphatic heterocycles. The van der Waals surface area contributed by atoms with Gasteiger partial charge in [0.25, 0.3) is 0 Å². The van der Waals surface area contributed by atoms with Crippen LogP contribution in [0.4, 0.5) is 3.89 Å². The van der Waals surface area contributed by atoms with E-state index in [4.69, 9.17) is 0 Å². The van der Waals surface area contributed by atoms with Crippen LogP contribution < -0.4 is 5.32 Å². The number of halogens is 2. The van der Waals surface area contributed by atoms with Crippen molar-refractivity contribution < 1.29 is 12.3 Å². The summed E-state index contributed by atoms with van der Waals surface area (Å²) in [6, 6.07) is 4.65. The maximum Gasteiger partial charge on any atom is 0.332 e. The third-order valence-electron chi connectivity index (χ3n) is 2.83. The molecule has 0 spiro atoms. The van der Waals surface area contributed by atoms with Crippen LogP contribution in [0.15, 0.2) is 23.1 Å². The van der Waals surface area contributed by atoms with Crippen molar-refractivity contribution in [3.63, 3.8) is 0 Å². The largest absolute Gasteiger partial charge is 0.332 e. The molecule has 0 saturated carbocycles. The molecule has 0 aliphatic carbocycles. The second kappa shape index (κ2) is 5.81. The van der Waals surface area contributed by atoms with Crippen molar-refractivity contribution in [1.29, 1.82) is 0 Å². The molecule has 0 aromatic heterocycles. The summed E-state index contributed by atoms with van der Waals surface area (Å²) in [5, 5.41) is 3.25. The summed E-state index contributed by atoms with van der Waals surface area (Å²) >= 11 is 2.00. The molecule has 4 nitrogen and oxygen atoms in total. The van der Waals surface area contributed by atoms with Crippen LogP contribution >= 0.6 is 22.6 Å². The maximum absolute atomic E-state index is 13.0. The first kappa shape index (κ1) is 14.2. The SMILES string of the molecule is O=S(=O)(F)c1cc(I)cc(CN2CCNCC2)c1. The zero-order valence-corrected chi connectivity index (χ0v) is 12.7. The first-order valence-corrected chi connectivity index (χ1v) is 8.08. The minimum absolute atomic E-state index is 0.250. The van der Waals surface area contributed by atoms with Crippen LogP contribution in [0.2, 0.25) is 0 Å². The van der Waals surface area contributed by atoms with Crippen LogP contribution in [0.3, 0.4) is 0 Å². The molecule has 1 fully saturated rings. The fourth-order valence-electron chi connectivity index (χ4n) is 1.98. The molecule has 1 aliphatic rings. The molecule has 0 radical (unpaired) electrons. The lowest BCUT2D eigenvalue weighted by atomic mass is 10.2. The Labute approximate surface area is 120 Å². The standard InChI is InChI=1S/C11H14FIN2O2S/c12-18(16,17)11-6-9(5-10(13)7-11)8-15-3-1-14-2-4-15/h5-7,14H,1-4,8H2. The van der Waals surface area contributed by atoms with Gasteiger partial charge in [-0.25, -0.2) is 0 Å². The molecule has 0 amide bonds. The fraction of sp³-hybridized carbons (Fsp3) is 0.455. The Kier molecular flexibility index (Phi) is 4.57. The second-order valence-corrected chi connectivity index (χ2v) is 6.85. The van der Waals surface area contributed by atoms with Gasteiger partial charge in [-0.1, -0.05) is 0 Å². The van der Waals surface area contributed by atoms with Gasteiger partial charge in [0.2, 0.25) is 0 Å². The molecule has 1 heterocycles. The Hall–Kier alpha value is -0.250. The lowest BCUT2D eigenvalue weighted by molar-refractivity contribution is 0.233. The number of hydrogen-bond donors (Lipinski definition) is 1. The van der Waals surface area contributed by atoms with Crippen LogP contribution in [-0.2, 0) is 16.8 Å². The van der Waals surface area contributed by atoms with Gasteiger partial charge in [-0.3, -0.25) is 4.90 Å². The Morgan fingerprint density at radius 2 is 1.94 bits per heavy atom. The molecular formula is C11H14FIN2O2S.